The van der Waals surface area contributed by atoms with E-state index in [1.165, 1.54) is 6.42 Å². The molecule has 2 aromatic rings. The number of aryl methyl sites for hydroxylation is 2. The van der Waals surface area contributed by atoms with Crippen LogP contribution in [0.15, 0.2) is 24.3 Å². The summed E-state index contributed by atoms with van der Waals surface area (Å²) in [6.07, 6.45) is 5.44. The van der Waals surface area contributed by atoms with Crippen molar-refractivity contribution < 1.29 is 20.1 Å². The molecule has 140 valence electrons. The molecule has 0 heterocycles. The lowest BCUT2D eigenvalue weighted by Gasteiger charge is -2.39. The molecule has 0 aliphatic heterocycles. The van der Waals surface area contributed by atoms with Gasteiger partial charge in [-0.3, -0.25) is 0 Å². The maximum atomic E-state index is 10.2. The van der Waals surface area contributed by atoms with E-state index in [-0.39, 0.29) is 23.5 Å². The molecule has 1 aliphatic rings. The van der Waals surface area contributed by atoms with Crippen LogP contribution in [0.25, 0.3) is 0 Å². The highest BCUT2D eigenvalue weighted by Crippen LogP contribution is 2.48. The molecule has 0 spiro atoms. The van der Waals surface area contributed by atoms with Gasteiger partial charge in [-0.2, -0.15) is 0 Å². The number of aliphatic hydroxyl groups excluding tert-OH is 1. The number of hydrogen-bond acceptors (Lipinski definition) is 4. The molecule has 1 saturated carbocycles. The van der Waals surface area contributed by atoms with Crippen molar-refractivity contribution in [2.45, 2.75) is 58.0 Å². The molecule has 0 atom stereocenters. The maximum absolute atomic E-state index is 10.2. The zero-order chi connectivity index (χ0) is 18.9. The molecule has 0 bridgehead atoms. The second-order valence-electron chi connectivity index (χ2n) is 7.45. The molecule has 0 radical (unpaired) electrons. The Morgan fingerprint density at radius 2 is 1.46 bits per heavy atom. The van der Waals surface area contributed by atoms with E-state index in [0.717, 1.165) is 47.9 Å². The van der Waals surface area contributed by atoms with Gasteiger partial charge in [-0.1, -0.05) is 31.4 Å². The number of methoxy groups -OCH3 is 1. The number of phenols is 2. The monoisotopic (exact) mass is 356 g/mol. The SMILES string of the molecule is COc1cc(C2(c3cc(C)c(O)c(CO)c3)CCCCC2)cc(C)c1O. The normalized spacial score (nSPS) is 16.5. The van der Waals surface area contributed by atoms with E-state index < -0.39 is 0 Å². The van der Waals surface area contributed by atoms with Gasteiger partial charge in [0.05, 0.1) is 13.7 Å². The molecule has 1 aliphatic carbocycles. The summed E-state index contributed by atoms with van der Waals surface area (Å²) in [4.78, 5) is 0. The zero-order valence-electron chi connectivity index (χ0n) is 15.8. The highest BCUT2D eigenvalue weighted by molar-refractivity contribution is 5.54. The summed E-state index contributed by atoms with van der Waals surface area (Å²) in [6.45, 7) is 3.57. The van der Waals surface area contributed by atoms with Gasteiger partial charge in [0.25, 0.3) is 0 Å². The third-order valence-corrected chi connectivity index (χ3v) is 5.85. The molecule has 0 saturated heterocycles. The van der Waals surface area contributed by atoms with Gasteiger partial charge < -0.3 is 20.1 Å². The van der Waals surface area contributed by atoms with Crippen LogP contribution in [-0.2, 0) is 12.0 Å². The second-order valence-corrected chi connectivity index (χ2v) is 7.45. The first kappa shape index (κ1) is 18.6. The van der Waals surface area contributed by atoms with Crippen LogP contribution in [0, 0.1) is 13.8 Å². The predicted octanol–water partition coefficient (Wildman–Crippen LogP) is 4.47. The molecule has 3 rings (SSSR count). The van der Waals surface area contributed by atoms with E-state index >= 15 is 0 Å². The van der Waals surface area contributed by atoms with Crippen LogP contribution >= 0.6 is 0 Å². The first-order valence-corrected chi connectivity index (χ1v) is 9.25. The Morgan fingerprint density at radius 3 is 2.04 bits per heavy atom. The van der Waals surface area contributed by atoms with Crippen molar-refractivity contribution in [2.24, 2.45) is 0 Å². The Bertz CT molecular complexity index is 743. The minimum atomic E-state index is -0.202. The van der Waals surface area contributed by atoms with Gasteiger partial charge >= 0.3 is 0 Å². The van der Waals surface area contributed by atoms with Crippen LogP contribution in [-0.4, -0.2) is 22.4 Å². The number of hydrogen-bond donors (Lipinski definition) is 3. The van der Waals surface area contributed by atoms with Crippen molar-refractivity contribution >= 4 is 0 Å². The molecular formula is C22H28O4. The number of rotatable bonds is 4. The second kappa shape index (κ2) is 7.20. The standard InChI is InChI=1S/C22H28O4/c1-14-9-17(11-16(13-23)20(14)24)22(7-5-4-6-8-22)18-10-15(2)21(25)19(12-18)26-3/h9-12,23-25H,4-8,13H2,1-3H3. The van der Waals surface area contributed by atoms with E-state index in [1.807, 2.05) is 38.1 Å². The van der Waals surface area contributed by atoms with Crippen molar-refractivity contribution in [3.05, 3.63) is 52.1 Å². The average Bonchev–Trinajstić information content (AvgIpc) is 2.66. The van der Waals surface area contributed by atoms with Gasteiger partial charge in [-0.25, -0.2) is 0 Å². The van der Waals surface area contributed by atoms with Crippen LogP contribution in [0.3, 0.4) is 0 Å². The lowest BCUT2D eigenvalue weighted by atomic mass is 9.64. The maximum Gasteiger partial charge on any atom is 0.161 e. The molecule has 0 amide bonds. The van der Waals surface area contributed by atoms with E-state index in [4.69, 9.17) is 4.74 Å². The van der Waals surface area contributed by atoms with E-state index in [9.17, 15) is 15.3 Å². The molecule has 4 nitrogen and oxygen atoms in total. The van der Waals surface area contributed by atoms with E-state index in [1.54, 1.807) is 7.11 Å². The van der Waals surface area contributed by atoms with Crippen LogP contribution in [0.5, 0.6) is 17.2 Å². The number of phenolic OH excluding ortho intramolecular Hbond substituents is 1. The molecule has 4 heteroatoms. The lowest BCUT2D eigenvalue weighted by molar-refractivity contribution is 0.274. The Kier molecular flexibility index (Phi) is 5.15. The molecule has 0 unspecified atom stereocenters. The summed E-state index contributed by atoms with van der Waals surface area (Å²) in [5.74, 6) is 0.838. The first-order chi connectivity index (χ1) is 12.4. The third kappa shape index (κ3) is 3.03. The average molecular weight is 356 g/mol. The Hall–Kier alpha value is -2.20. The van der Waals surface area contributed by atoms with Crippen molar-refractivity contribution in [3.8, 4) is 17.2 Å². The van der Waals surface area contributed by atoms with Crippen molar-refractivity contribution in [3.63, 3.8) is 0 Å². The Balaban J connectivity index is 2.24. The summed E-state index contributed by atoms with van der Waals surface area (Å²) in [5.41, 5.74) is 4.17. The number of benzene rings is 2. The third-order valence-electron chi connectivity index (χ3n) is 5.85. The number of aliphatic hydroxyl groups is 1. The van der Waals surface area contributed by atoms with Crippen LogP contribution < -0.4 is 4.74 Å². The minimum absolute atomic E-state index is 0.168. The first-order valence-electron chi connectivity index (χ1n) is 9.25. The van der Waals surface area contributed by atoms with Crippen molar-refractivity contribution in [1.82, 2.24) is 0 Å². The molecular weight excluding hydrogens is 328 g/mol. The van der Waals surface area contributed by atoms with Gasteiger partial charge in [0.2, 0.25) is 0 Å². The topological polar surface area (TPSA) is 69.9 Å². The Labute approximate surface area is 155 Å². The highest BCUT2D eigenvalue weighted by atomic mass is 16.5. The summed E-state index contributed by atoms with van der Waals surface area (Å²) < 4.78 is 5.40. The highest BCUT2D eigenvalue weighted by Gasteiger charge is 2.37. The lowest BCUT2D eigenvalue weighted by Crippen LogP contribution is -2.31. The number of ether oxygens (including phenoxy) is 1. The van der Waals surface area contributed by atoms with Crippen molar-refractivity contribution in [1.29, 1.82) is 0 Å². The van der Waals surface area contributed by atoms with E-state index in [2.05, 4.69) is 0 Å². The van der Waals surface area contributed by atoms with Gasteiger partial charge in [0.15, 0.2) is 11.5 Å². The summed E-state index contributed by atoms with van der Waals surface area (Å²) >= 11 is 0. The van der Waals surface area contributed by atoms with E-state index in [0.29, 0.717) is 11.3 Å². The van der Waals surface area contributed by atoms with Gasteiger partial charge in [-0.15, -0.1) is 0 Å². The van der Waals surface area contributed by atoms with Crippen LogP contribution in [0.4, 0.5) is 0 Å². The van der Waals surface area contributed by atoms with Crippen molar-refractivity contribution in [2.75, 3.05) is 7.11 Å². The van der Waals surface area contributed by atoms with Crippen LogP contribution in [0.1, 0.15) is 59.9 Å². The molecule has 1 fully saturated rings. The fraction of sp³-hybridized carbons (Fsp3) is 0.455. The van der Waals surface area contributed by atoms with Gasteiger partial charge in [0.1, 0.15) is 5.75 Å². The Morgan fingerprint density at radius 1 is 0.885 bits per heavy atom. The zero-order valence-corrected chi connectivity index (χ0v) is 15.8. The fourth-order valence-corrected chi connectivity index (χ4v) is 4.33. The minimum Gasteiger partial charge on any atom is -0.507 e. The summed E-state index contributed by atoms with van der Waals surface area (Å²) in [6, 6.07) is 7.95. The number of aromatic hydroxyl groups is 2. The van der Waals surface area contributed by atoms with Gasteiger partial charge in [0, 0.05) is 11.0 Å². The summed E-state index contributed by atoms with van der Waals surface area (Å²) in [7, 11) is 1.57. The van der Waals surface area contributed by atoms with Gasteiger partial charge in [-0.05, 0) is 61.1 Å². The largest absolute Gasteiger partial charge is 0.507 e. The van der Waals surface area contributed by atoms with Crippen LogP contribution in [0.2, 0.25) is 0 Å². The predicted molar refractivity (Wildman–Crippen MR) is 102 cm³/mol. The fourth-order valence-electron chi connectivity index (χ4n) is 4.33. The molecule has 0 aromatic heterocycles. The molecule has 2 aromatic carbocycles. The quantitative estimate of drug-likeness (QED) is 0.756. The summed E-state index contributed by atoms with van der Waals surface area (Å²) in [5, 5.41) is 30.1. The smallest absolute Gasteiger partial charge is 0.161 e. The molecule has 26 heavy (non-hydrogen) atoms. The molecule has 3 N–H and O–H groups in total.